The van der Waals surface area contributed by atoms with E-state index in [1.807, 2.05) is 33.9 Å². The number of aryl methyl sites for hydroxylation is 2. The molecule has 0 heterocycles. The molecular weight excluding hydrogens is 272 g/mol. The number of rotatable bonds is 5. The summed E-state index contributed by atoms with van der Waals surface area (Å²) >= 11 is 0. The van der Waals surface area contributed by atoms with Crippen molar-refractivity contribution in [2.75, 3.05) is 7.05 Å². The molecule has 1 aliphatic carbocycles. The van der Waals surface area contributed by atoms with Crippen LogP contribution in [0.2, 0.25) is 0 Å². The Balaban J connectivity index is 2.37. The van der Waals surface area contributed by atoms with Crippen LogP contribution in [-0.2, 0) is 16.6 Å². The first-order chi connectivity index (χ1) is 9.27. The molecule has 0 spiro atoms. The fraction of sp³-hybridized carbons (Fsp3) is 0.600. The van der Waals surface area contributed by atoms with Crippen LogP contribution in [0.1, 0.15) is 42.9 Å². The van der Waals surface area contributed by atoms with Gasteiger partial charge in [-0.15, -0.1) is 0 Å². The van der Waals surface area contributed by atoms with Gasteiger partial charge in [0.25, 0.3) is 0 Å². The van der Waals surface area contributed by atoms with Crippen molar-refractivity contribution >= 4 is 10.0 Å². The Labute approximate surface area is 122 Å². The highest BCUT2D eigenvalue weighted by molar-refractivity contribution is 7.89. The van der Waals surface area contributed by atoms with Crippen LogP contribution in [-0.4, -0.2) is 21.0 Å². The van der Waals surface area contributed by atoms with Crippen molar-refractivity contribution in [2.24, 2.45) is 0 Å². The van der Waals surface area contributed by atoms with E-state index in [0.29, 0.717) is 11.4 Å². The second-order valence-corrected chi connectivity index (χ2v) is 7.75. The number of sulfonamides is 1. The Morgan fingerprint density at radius 2 is 1.85 bits per heavy atom. The van der Waals surface area contributed by atoms with Gasteiger partial charge in [-0.25, -0.2) is 13.1 Å². The number of hydrogen-bond acceptors (Lipinski definition) is 3. The molecule has 4 nitrogen and oxygen atoms in total. The highest BCUT2D eigenvalue weighted by Gasteiger charge is 2.36. The van der Waals surface area contributed by atoms with Crippen LogP contribution in [0.3, 0.4) is 0 Å². The van der Waals surface area contributed by atoms with Crippen molar-refractivity contribution < 1.29 is 8.42 Å². The summed E-state index contributed by atoms with van der Waals surface area (Å²) in [6.45, 7) is 6.52. The largest absolute Gasteiger partial charge is 0.316 e. The average molecular weight is 296 g/mol. The number of nitrogens with one attached hydrogen (secondary N) is 2. The molecule has 5 heteroatoms. The van der Waals surface area contributed by atoms with Gasteiger partial charge < -0.3 is 5.32 Å². The van der Waals surface area contributed by atoms with Crippen LogP contribution in [0.25, 0.3) is 0 Å². The molecule has 20 heavy (non-hydrogen) atoms. The van der Waals surface area contributed by atoms with Crippen molar-refractivity contribution in [1.82, 2.24) is 10.0 Å². The lowest BCUT2D eigenvalue weighted by atomic mass is 9.80. The molecule has 2 rings (SSSR count). The third-order valence-electron chi connectivity index (χ3n) is 4.13. The topological polar surface area (TPSA) is 58.2 Å². The molecule has 1 aliphatic rings. The second kappa shape index (κ2) is 5.47. The molecule has 112 valence electrons. The summed E-state index contributed by atoms with van der Waals surface area (Å²) in [5.41, 5.74) is 2.68. The van der Waals surface area contributed by atoms with E-state index >= 15 is 0 Å². The molecule has 1 aromatic carbocycles. The van der Waals surface area contributed by atoms with E-state index in [1.54, 1.807) is 6.07 Å². The van der Waals surface area contributed by atoms with Crippen LogP contribution >= 0.6 is 0 Å². The van der Waals surface area contributed by atoms with E-state index in [-0.39, 0.29) is 5.54 Å². The SMILES string of the molecule is CNCc1cc(S(=O)(=O)NC2(C)CCC2)c(C)cc1C. The quantitative estimate of drug-likeness (QED) is 0.876. The van der Waals surface area contributed by atoms with Crippen molar-refractivity contribution in [1.29, 1.82) is 0 Å². The molecule has 0 saturated heterocycles. The Hall–Kier alpha value is -0.910. The van der Waals surface area contributed by atoms with Gasteiger partial charge in [0.05, 0.1) is 4.90 Å². The van der Waals surface area contributed by atoms with Gasteiger partial charge in [0, 0.05) is 12.1 Å². The molecule has 0 aliphatic heterocycles. The van der Waals surface area contributed by atoms with Crippen LogP contribution in [0.4, 0.5) is 0 Å². The zero-order valence-electron chi connectivity index (χ0n) is 12.7. The lowest BCUT2D eigenvalue weighted by Crippen LogP contribution is -2.50. The standard InChI is InChI=1S/C15H24N2O2S/c1-11-8-12(2)14(9-13(11)10-16-4)20(18,19)17-15(3)6-5-7-15/h8-9,16-17H,5-7,10H2,1-4H3. The third-order valence-corrected chi connectivity index (χ3v) is 5.91. The van der Waals surface area contributed by atoms with E-state index in [4.69, 9.17) is 0 Å². The average Bonchev–Trinajstić information content (AvgIpc) is 2.30. The highest BCUT2D eigenvalue weighted by Crippen LogP contribution is 2.33. The Bertz CT molecular complexity index is 605. The summed E-state index contributed by atoms with van der Waals surface area (Å²) in [6.07, 6.45) is 2.93. The number of benzene rings is 1. The van der Waals surface area contributed by atoms with E-state index in [2.05, 4.69) is 10.0 Å². The summed E-state index contributed by atoms with van der Waals surface area (Å²) in [5, 5.41) is 3.08. The first kappa shape index (κ1) is 15.5. The molecule has 0 atom stereocenters. The maximum absolute atomic E-state index is 12.6. The van der Waals surface area contributed by atoms with Crippen LogP contribution < -0.4 is 10.0 Å². The zero-order valence-corrected chi connectivity index (χ0v) is 13.5. The van der Waals surface area contributed by atoms with Crippen molar-refractivity contribution in [2.45, 2.75) is 57.0 Å². The van der Waals surface area contributed by atoms with Crippen LogP contribution in [0, 0.1) is 13.8 Å². The maximum atomic E-state index is 12.6. The fourth-order valence-corrected chi connectivity index (χ4v) is 4.48. The molecule has 0 unspecified atom stereocenters. The summed E-state index contributed by atoms with van der Waals surface area (Å²) in [6, 6.07) is 3.75. The minimum atomic E-state index is -3.44. The van der Waals surface area contributed by atoms with E-state index in [9.17, 15) is 8.42 Å². The van der Waals surface area contributed by atoms with Gasteiger partial charge in [-0.3, -0.25) is 0 Å². The van der Waals surface area contributed by atoms with Gasteiger partial charge in [-0.1, -0.05) is 6.07 Å². The van der Waals surface area contributed by atoms with Gasteiger partial charge >= 0.3 is 0 Å². The molecule has 0 bridgehead atoms. The van der Waals surface area contributed by atoms with Gasteiger partial charge in [0.15, 0.2) is 0 Å². The minimum absolute atomic E-state index is 0.265. The molecule has 1 saturated carbocycles. The fourth-order valence-electron chi connectivity index (χ4n) is 2.73. The van der Waals surface area contributed by atoms with Gasteiger partial charge in [0.2, 0.25) is 10.0 Å². The number of hydrogen-bond donors (Lipinski definition) is 2. The monoisotopic (exact) mass is 296 g/mol. The summed E-state index contributed by atoms with van der Waals surface area (Å²) in [7, 11) is -1.58. The molecule has 0 radical (unpaired) electrons. The summed E-state index contributed by atoms with van der Waals surface area (Å²) in [4.78, 5) is 0.404. The van der Waals surface area contributed by atoms with Gasteiger partial charge in [-0.05, 0) is 69.8 Å². The third kappa shape index (κ3) is 3.05. The predicted octanol–water partition coefficient (Wildman–Crippen LogP) is 2.24. The minimum Gasteiger partial charge on any atom is -0.316 e. The predicted molar refractivity (Wildman–Crippen MR) is 81.3 cm³/mol. The molecule has 1 fully saturated rings. The molecule has 0 amide bonds. The van der Waals surface area contributed by atoms with Crippen LogP contribution in [0.5, 0.6) is 0 Å². The lowest BCUT2D eigenvalue weighted by Gasteiger charge is -2.38. The van der Waals surface area contributed by atoms with E-state index in [1.165, 1.54) is 0 Å². The molecule has 2 N–H and O–H groups in total. The zero-order chi connectivity index (χ0) is 15.0. The lowest BCUT2D eigenvalue weighted by molar-refractivity contribution is 0.248. The normalized spacial score (nSPS) is 17.8. The van der Waals surface area contributed by atoms with Gasteiger partial charge in [-0.2, -0.15) is 0 Å². The summed E-state index contributed by atoms with van der Waals surface area (Å²) < 4.78 is 28.1. The van der Waals surface area contributed by atoms with Crippen molar-refractivity contribution in [3.8, 4) is 0 Å². The molecule has 1 aromatic rings. The van der Waals surface area contributed by atoms with E-state index < -0.39 is 10.0 Å². The first-order valence-corrected chi connectivity index (χ1v) is 8.54. The van der Waals surface area contributed by atoms with E-state index in [0.717, 1.165) is 36.0 Å². The Kier molecular flexibility index (Phi) is 4.23. The first-order valence-electron chi connectivity index (χ1n) is 7.06. The maximum Gasteiger partial charge on any atom is 0.241 e. The Morgan fingerprint density at radius 1 is 1.20 bits per heavy atom. The summed E-state index contributed by atoms with van der Waals surface area (Å²) in [5.74, 6) is 0. The van der Waals surface area contributed by atoms with Crippen molar-refractivity contribution in [3.05, 3.63) is 28.8 Å². The van der Waals surface area contributed by atoms with Crippen LogP contribution in [0.15, 0.2) is 17.0 Å². The van der Waals surface area contributed by atoms with Gasteiger partial charge in [0.1, 0.15) is 0 Å². The Morgan fingerprint density at radius 3 is 2.35 bits per heavy atom. The van der Waals surface area contributed by atoms with Crippen molar-refractivity contribution in [3.63, 3.8) is 0 Å². The molecule has 0 aromatic heterocycles. The smallest absolute Gasteiger partial charge is 0.241 e. The second-order valence-electron chi connectivity index (χ2n) is 6.09. The highest BCUT2D eigenvalue weighted by atomic mass is 32.2. The molecular formula is C15H24N2O2S.